The van der Waals surface area contributed by atoms with Crippen LogP contribution in [0.15, 0.2) is 28.7 Å². The van der Waals surface area contributed by atoms with E-state index < -0.39 is 5.97 Å². The van der Waals surface area contributed by atoms with E-state index >= 15 is 0 Å². The van der Waals surface area contributed by atoms with Gasteiger partial charge in [-0.05, 0) is 23.6 Å². The van der Waals surface area contributed by atoms with Crippen LogP contribution in [0, 0.1) is 0 Å². The first kappa shape index (κ1) is 15.3. The Balaban J connectivity index is 2.37. The molecular weight excluding hydrogens is 270 g/mol. The van der Waals surface area contributed by atoms with Crippen molar-refractivity contribution in [1.82, 2.24) is 4.98 Å². The summed E-state index contributed by atoms with van der Waals surface area (Å²) < 4.78 is 15.3. The number of benzene rings is 1. The van der Waals surface area contributed by atoms with Crippen molar-refractivity contribution in [2.75, 3.05) is 14.2 Å². The molecule has 1 heterocycles. The maximum Gasteiger partial charge on any atom is 0.376 e. The second kappa shape index (κ2) is 6.54. The number of methoxy groups -OCH3 is 2. The average Bonchev–Trinajstić information content (AvgIpc) is 2.91. The SMILES string of the molecule is COCc1nc(-c2ccc(C(C)C)cc2)oc1C(=O)OC. The third kappa shape index (κ3) is 3.31. The molecule has 0 saturated heterocycles. The molecular formula is C16H19NO4. The first-order chi connectivity index (χ1) is 10.1. The van der Waals surface area contributed by atoms with Crippen molar-refractivity contribution >= 4 is 5.97 Å². The van der Waals surface area contributed by atoms with E-state index in [0.29, 0.717) is 17.5 Å². The summed E-state index contributed by atoms with van der Waals surface area (Å²) in [5, 5.41) is 0. The minimum atomic E-state index is -0.556. The van der Waals surface area contributed by atoms with Gasteiger partial charge in [0.25, 0.3) is 0 Å². The van der Waals surface area contributed by atoms with E-state index in [1.54, 1.807) is 0 Å². The number of nitrogens with zero attached hydrogens (tertiary/aromatic N) is 1. The smallest absolute Gasteiger partial charge is 0.376 e. The molecule has 21 heavy (non-hydrogen) atoms. The van der Waals surface area contributed by atoms with Crippen LogP contribution in [0.25, 0.3) is 11.5 Å². The summed E-state index contributed by atoms with van der Waals surface area (Å²) in [6.07, 6.45) is 0. The van der Waals surface area contributed by atoms with Gasteiger partial charge >= 0.3 is 5.97 Å². The number of rotatable bonds is 5. The van der Waals surface area contributed by atoms with Crippen LogP contribution < -0.4 is 0 Å². The molecule has 112 valence electrons. The first-order valence-corrected chi connectivity index (χ1v) is 6.74. The Morgan fingerprint density at radius 2 is 1.90 bits per heavy atom. The van der Waals surface area contributed by atoms with Gasteiger partial charge in [-0.1, -0.05) is 26.0 Å². The fraction of sp³-hybridized carbons (Fsp3) is 0.375. The van der Waals surface area contributed by atoms with E-state index in [9.17, 15) is 4.79 Å². The van der Waals surface area contributed by atoms with Crippen molar-refractivity contribution in [2.45, 2.75) is 26.4 Å². The molecule has 0 spiro atoms. The Kier molecular flexibility index (Phi) is 4.75. The van der Waals surface area contributed by atoms with Gasteiger partial charge in [0.05, 0.1) is 13.7 Å². The number of hydrogen-bond acceptors (Lipinski definition) is 5. The fourth-order valence-electron chi connectivity index (χ4n) is 1.97. The lowest BCUT2D eigenvalue weighted by atomic mass is 10.0. The average molecular weight is 289 g/mol. The van der Waals surface area contributed by atoms with Gasteiger partial charge in [0.2, 0.25) is 11.7 Å². The fourth-order valence-corrected chi connectivity index (χ4v) is 1.97. The van der Waals surface area contributed by atoms with E-state index in [-0.39, 0.29) is 12.4 Å². The van der Waals surface area contributed by atoms with E-state index in [4.69, 9.17) is 13.9 Å². The third-order valence-corrected chi connectivity index (χ3v) is 3.17. The van der Waals surface area contributed by atoms with E-state index in [1.807, 2.05) is 24.3 Å². The zero-order valence-electron chi connectivity index (χ0n) is 12.7. The summed E-state index contributed by atoms with van der Waals surface area (Å²) in [5.41, 5.74) is 2.48. The van der Waals surface area contributed by atoms with Crippen LogP contribution in [0.4, 0.5) is 0 Å². The zero-order chi connectivity index (χ0) is 15.4. The number of hydrogen-bond donors (Lipinski definition) is 0. The Labute approximate surface area is 123 Å². The molecule has 0 aliphatic rings. The molecule has 2 aromatic rings. The predicted octanol–water partition coefficient (Wildman–Crippen LogP) is 3.40. The Morgan fingerprint density at radius 1 is 1.24 bits per heavy atom. The van der Waals surface area contributed by atoms with Crippen LogP contribution in [-0.2, 0) is 16.1 Å². The monoisotopic (exact) mass is 289 g/mol. The number of esters is 1. The first-order valence-electron chi connectivity index (χ1n) is 6.74. The van der Waals surface area contributed by atoms with Crippen LogP contribution >= 0.6 is 0 Å². The standard InChI is InChI=1S/C16H19NO4/c1-10(2)11-5-7-12(8-6-11)15-17-13(9-19-3)14(21-15)16(18)20-4/h5-8,10H,9H2,1-4H3. The van der Waals surface area contributed by atoms with Crippen molar-refractivity contribution in [1.29, 1.82) is 0 Å². The number of ether oxygens (including phenoxy) is 2. The van der Waals surface area contributed by atoms with Crippen molar-refractivity contribution in [2.24, 2.45) is 0 Å². The van der Waals surface area contributed by atoms with Crippen molar-refractivity contribution in [3.63, 3.8) is 0 Å². The number of carbonyl (C=O) groups excluding carboxylic acids is 1. The van der Waals surface area contributed by atoms with Crippen LogP contribution in [0.5, 0.6) is 0 Å². The van der Waals surface area contributed by atoms with Crippen LogP contribution in [0.2, 0.25) is 0 Å². The summed E-state index contributed by atoms with van der Waals surface area (Å²) in [4.78, 5) is 16.0. The maximum atomic E-state index is 11.7. The van der Waals surface area contributed by atoms with Gasteiger partial charge in [0.15, 0.2) is 0 Å². The minimum absolute atomic E-state index is 0.0855. The molecule has 0 fully saturated rings. The van der Waals surface area contributed by atoms with E-state index in [0.717, 1.165) is 5.56 Å². The normalized spacial score (nSPS) is 10.9. The van der Waals surface area contributed by atoms with E-state index in [1.165, 1.54) is 19.8 Å². The molecule has 0 radical (unpaired) electrons. The van der Waals surface area contributed by atoms with Gasteiger partial charge in [-0.3, -0.25) is 0 Å². The molecule has 0 bridgehead atoms. The maximum absolute atomic E-state index is 11.7. The molecule has 0 amide bonds. The molecule has 0 saturated carbocycles. The highest BCUT2D eigenvalue weighted by molar-refractivity contribution is 5.87. The molecule has 0 unspecified atom stereocenters. The largest absolute Gasteiger partial charge is 0.463 e. The van der Waals surface area contributed by atoms with Crippen molar-refractivity contribution < 1.29 is 18.7 Å². The van der Waals surface area contributed by atoms with Gasteiger partial charge in [-0.15, -0.1) is 0 Å². The second-order valence-corrected chi connectivity index (χ2v) is 5.00. The third-order valence-electron chi connectivity index (χ3n) is 3.17. The summed E-state index contributed by atoms with van der Waals surface area (Å²) in [7, 11) is 2.84. The molecule has 0 aliphatic heterocycles. The lowest BCUT2D eigenvalue weighted by Crippen LogP contribution is -2.04. The second-order valence-electron chi connectivity index (χ2n) is 5.00. The van der Waals surface area contributed by atoms with Crippen LogP contribution in [0.1, 0.15) is 41.6 Å². The zero-order valence-corrected chi connectivity index (χ0v) is 12.7. The molecule has 5 heteroatoms. The number of carbonyl (C=O) groups is 1. The van der Waals surface area contributed by atoms with Crippen molar-refractivity contribution in [3.05, 3.63) is 41.3 Å². The number of aromatic nitrogens is 1. The summed E-state index contributed by atoms with van der Waals surface area (Å²) in [6.45, 7) is 4.45. The highest BCUT2D eigenvalue weighted by Gasteiger charge is 2.21. The molecule has 0 aliphatic carbocycles. The molecule has 0 atom stereocenters. The summed E-state index contributed by atoms with van der Waals surface area (Å²) in [5.74, 6) is 0.373. The minimum Gasteiger partial charge on any atom is -0.463 e. The lowest BCUT2D eigenvalue weighted by molar-refractivity contribution is 0.0559. The molecule has 5 nitrogen and oxygen atoms in total. The molecule has 0 N–H and O–H groups in total. The molecule has 1 aromatic heterocycles. The van der Waals surface area contributed by atoms with Crippen LogP contribution in [0.3, 0.4) is 0 Å². The Bertz CT molecular complexity index is 614. The van der Waals surface area contributed by atoms with Gasteiger partial charge in [0.1, 0.15) is 5.69 Å². The summed E-state index contributed by atoms with van der Waals surface area (Å²) in [6, 6.07) is 7.91. The quantitative estimate of drug-likeness (QED) is 0.789. The highest BCUT2D eigenvalue weighted by Crippen LogP contribution is 2.25. The number of oxazole rings is 1. The van der Waals surface area contributed by atoms with Gasteiger partial charge in [-0.2, -0.15) is 0 Å². The molecule has 2 rings (SSSR count). The lowest BCUT2D eigenvalue weighted by Gasteiger charge is -2.04. The van der Waals surface area contributed by atoms with E-state index in [2.05, 4.69) is 18.8 Å². The van der Waals surface area contributed by atoms with Crippen molar-refractivity contribution in [3.8, 4) is 11.5 Å². The van der Waals surface area contributed by atoms with Gasteiger partial charge < -0.3 is 13.9 Å². The molecule has 1 aromatic carbocycles. The topological polar surface area (TPSA) is 61.6 Å². The summed E-state index contributed by atoms with van der Waals surface area (Å²) >= 11 is 0. The Morgan fingerprint density at radius 3 is 2.43 bits per heavy atom. The van der Waals surface area contributed by atoms with Crippen LogP contribution in [-0.4, -0.2) is 25.2 Å². The Hall–Kier alpha value is -2.14. The van der Waals surface area contributed by atoms with Gasteiger partial charge in [0, 0.05) is 12.7 Å². The highest BCUT2D eigenvalue weighted by atomic mass is 16.5. The predicted molar refractivity (Wildman–Crippen MR) is 78.1 cm³/mol. The van der Waals surface area contributed by atoms with Gasteiger partial charge in [-0.25, -0.2) is 9.78 Å².